The number of nitrogens with two attached hydrogens (primary N) is 1. The van der Waals surface area contributed by atoms with Gasteiger partial charge in [-0.15, -0.1) is 0 Å². The van der Waals surface area contributed by atoms with E-state index >= 15 is 0 Å². The average molecular weight is 259 g/mol. The highest BCUT2D eigenvalue weighted by molar-refractivity contribution is 6.33. The van der Waals surface area contributed by atoms with Crippen LogP contribution in [0.3, 0.4) is 0 Å². The van der Waals surface area contributed by atoms with Gasteiger partial charge in [0.1, 0.15) is 12.0 Å². The molecule has 0 amide bonds. The fourth-order valence-electron chi connectivity index (χ4n) is 1.31. The predicted octanol–water partition coefficient (Wildman–Crippen LogP) is 2.04. The smallest absolute Gasteiger partial charge is 0.289 e. The van der Waals surface area contributed by atoms with E-state index in [4.69, 9.17) is 17.3 Å². The van der Waals surface area contributed by atoms with Gasteiger partial charge < -0.3 is 11.1 Å². The highest BCUT2D eigenvalue weighted by atomic mass is 35.5. The lowest BCUT2D eigenvalue weighted by molar-refractivity contribution is -0.385. The number of aromatic nitrogens is 1. The van der Waals surface area contributed by atoms with Gasteiger partial charge in [-0.3, -0.25) is 10.1 Å². The second-order valence-electron chi connectivity index (χ2n) is 4.01. The molecule has 0 spiro atoms. The zero-order valence-corrected chi connectivity index (χ0v) is 10.4. The number of nitrogens with zero attached hydrogens (tertiary/aromatic N) is 2. The van der Waals surface area contributed by atoms with Crippen LogP contribution in [0, 0.1) is 16.0 Å². The largest absolute Gasteiger partial charge is 0.365 e. The van der Waals surface area contributed by atoms with E-state index in [1.54, 1.807) is 0 Å². The molecule has 6 nitrogen and oxygen atoms in total. The zero-order valence-electron chi connectivity index (χ0n) is 9.68. The molecular formula is C10H15ClN4O2. The minimum Gasteiger partial charge on any atom is -0.365 e. The van der Waals surface area contributed by atoms with E-state index in [0.717, 1.165) is 0 Å². The molecule has 0 fully saturated rings. The predicted molar refractivity (Wildman–Crippen MR) is 67.2 cm³/mol. The Kier molecular flexibility index (Phi) is 4.65. The molecule has 1 unspecified atom stereocenters. The lowest BCUT2D eigenvalue weighted by Gasteiger charge is -2.21. The van der Waals surface area contributed by atoms with Crippen molar-refractivity contribution in [2.45, 2.75) is 19.9 Å². The Hall–Kier alpha value is -1.40. The molecule has 0 aliphatic heterocycles. The molecule has 0 aliphatic rings. The molecular weight excluding hydrogens is 244 g/mol. The van der Waals surface area contributed by atoms with Gasteiger partial charge in [0.25, 0.3) is 5.69 Å². The van der Waals surface area contributed by atoms with Crippen LogP contribution in [0.5, 0.6) is 0 Å². The third-order valence-corrected chi connectivity index (χ3v) is 2.71. The molecule has 0 radical (unpaired) electrons. The molecule has 0 aliphatic carbocycles. The van der Waals surface area contributed by atoms with Gasteiger partial charge in [-0.2, -0.15) is 0 Å². The number of halogens is 1. The van der Waals surface area contributed by atoms with E-state index in [9.17, 15) is 10.1 Å². The maximum atomic E-state index is 10.5. The Labute approximate surface area is 104 Å². The Bertz CT molecular complexity index is 411. The number of nitro groups is 1. The fourth-order valence-corrected chi connectivity index (χ4v) is 1.52. The van der Waals surface area contributed by atoms with Crippen molar-refractivity contribution in [1.29, 1.82) is 0 Å². The third-order valence-electron chi connectivity index (χ3n) is 2.42. The molecule has 0 aromatic carbocycles. The van der Waals surface area contributed by atoms with Gasteiger partial charge in [-0.1, -0.05) is 25.4 Å². The van der Waals surface area contributed by atoms with Gasteiger partial charge >= 0.3 is 0 Å². The average Bonchev–Trinajstić information content (AvgIpc) is 2.26. The van der Waals surface area contributed by atoms with E-state index in [2.05, 4.69) is 10.3 Å². The first kappa shape index (κ1) is 13.7. The van der Waals surface area contributed by atoms with Gasteiger partial charge in [-0.05, 0) is 5.92 Å². The van der Waals surface area contributed by atoms with Crippen molar-refractivity contribution in [2.24, 2.45) is 11.7 Å². The Morgan fingerprint density at radius 3 is 2.71 bits per heavy atom. The first-order valence-corrected chi connectivity index (χ1v) is 5.60. The van der Waals surface area contributed by atoms with Crippen LogP contribution in [0.2, 0.25) is 5.02 Å². The Morgan fingerprint density at radius 2 is 2.29 bits per heavy atom. The summed E-state index contributed by atoms with van der Waals surface area (Å²) in [5.74, 6) is 0.731. The summed E-state index contributed by atoms with van der Waals surface area (Å²) in [5, 5.41) is 13.8. The summed E-state index contributed by atoms with van der Waals surface area (Å²) in [6, 6.07) is 1.30. The standard InChI is InChI=1S/C10H15ClN4O2/c1-6(2)9(4-12)14-10-8(11)3-7(5-13-10)15(16)17/h3,5-6,9H,4,12H2,1-2H3,(H,13,14). The maximum absolute atomic E-state index is 10.5. The number of hydrogen-bond acceptors (Lipinski definition) is 5. The molecule has 94 valence electrons. The quantitative estimate of drug-likeness (QED) is 0.623. The SMILES string of the molecule is CC(C)C(CN)Nc1ncc([N+](=O)[O-])cc1Cl. The van der Waals surface area contributed by atoms with Crippen molar-refractivity contribution in [1.82, 2.24) is 4.98 Å². The highest BCUT2D eigenvalue weighted by Gasteiger charge is 2.15. The molecule has 0 saturated heterocycles. The highest BCUT2D eigenvalue weighted by Crippen LogP contribution is 2.25. The van der Waals surface area contributed by atoms with Crippen molar-refractivity contribution < 1.29 is 4.92 Å². The zero-order chi connectivity index (χ0) is 13.0. The summed E-state index contributed by atoms with van der Waals surface area (Å²) >= 11 is 5.91. The lowest BCUT2D eigenvalue weighted by Crippen LogP contribution is -2.34. The van der Waals surface area contributed by atoms with Crippen LogP contribution in [0.25, 0.3) is 0 Å². The summed E-state index contributed by atoms with van der Waals surface area (Å²) in [6.07, 6.45) is 1.17. The summed E-state index contributed by atoms with van der Waals surface area (Å²) in [5.41, 5.74) is 5.48. The number of anilines is 1. The minimum absolute atomic E-state index is 0.0291. The molecule has 1 aromatic rings. The normalized spacial score (nSPS) is 12.5. The lowest BCUT2D eigenvalue weighted by atomic mass is 10.1. The van der Waals surface area contributed by atoms with Crippen LogP contribution in [-0.2, 0) is 0 Å². The molecule has 1 aromatic heterocycles. The van der Waals surface area contributed by atoms with Gasteiger partial charge in [0, 0.05) is 18.7 Å². The summed E-state index contributed by atoms with van der Waals surface area (Å²) < 4.78 is 0. The third kappa shape index (κ3) is 3.54. The Balaban J connectivity index is 2.89. The number of hydrogen-bond donors (Lipinski definition) is 2. The van der Waals surface area contributed by atoms with Crippen molar-refractivity contribution in [2.75, 3.05) is 11.9 Å². The van der Waals surface area contributed by atoms with Gasteiger partial charge in [0.05, 0.1) is 9.95 Å². The minimum atomic E-state index is -0.536. The molecule has 1 rings (SSSR count). The van der Waals surface area contributed by atoms with E-state index in [1.165, 1.54) is 12.3 Å². The van der Waals surface area contributed by atoms with Crippen molar-refractivity contribution in [3.8, 4) is 0 Å². The van der Waals surface area contributed by atoms with Crippen molar-refractivity contribution in [3.05, 3.63) is 27.4 Å². The van der Waals surface area contributed by atoms with E-state index < -0.39 is 4.92 Å². The monoisotopic (exact) mass is 258 g/mol. The molecule has 1 heterocycles. The molecule has 7 heteroatoms. The van der Waals surface area contributed by atoms with Gasteiger partial charge in [-0.25, -0.2) is 4.98 Å². The summed E-state index contributed by atoms with van der Waals surface area (Å²) in [6.45, 7) is 4.47. The maximum Gasteiger partial charge on any atom is 0.289 e. The van der Waals surface area contributed by atoms with E-state index in [1.807, 2.05) is 13.8 Å². The number of rotatable bonds is 5. The van der Waals surface area contributed by atoms with E-state index in [-0.39, 0.29) is 16.8 Å². The van der Waals surface area contributed by atoms with Gasteiger partial charge in [0.2, 0.25) is 0 Å². The molecule has 3 N–H and O–H groups in total. The summed E-state index contributed by atoms with van der Waals surface area (Å²) in [4.78, 5) is 13.9. The van der Waals surface area contributed by atoms with Crippen LogP contribution in [0.1, 0.15) is 13.8 Å². The molecule has 0 bridgehead atoms. The van der Waals surface area contributed by atoms with Crippen LogP contribution >= 0.6 is 11.6 Å². The first-order chi connectivity index (χ1) is 7.95. The van der Waals surface area contributed by atoms with Crippen LogP contribution in [0.4, 0.5) is 11.5 Å². The van der Waals surface area contributed by atoms with Crippen molar-refractivity contribution >= 4 is 23.1 Å². The van der Waals surface area contributed by atoms with E-state index in [0.29, 0.717) is 18.3 Å². The van der Waals surface area contributed by atoms with Crippen LogP contribution < -0.4 is 11.1 Å². The fraction of sp³-hybridized carbons (Fsp3) is 0.500. The second kappa shape index (κ2) is 5.79. The number of nitrogens with one attached hydrogen (secondary N) is 1. The first-order valence-electron chi connectivity index (χ1n) is 5.22. The van der Waals surface area contributed by atoms with Gasteiger partial charge in [0.15, 0.2) is 0 Å². The molecule has 0 saturated carbocycles. The van der Waals surface area contributed by atoms with Crippen LogP contribution in [-0.4, -0.2) is 22.5 Å². The second-order valence-corrected chi connectivity index (χ2v) is 4.42. The van der Waals surface area contributed by atoms with Crippen molar-refractivity contribution in [3.63, 3.8) is 0 Å². The number of pyridine rings is 1. The molecule has 1 atom stereocenters. The summed E-state index contributed by atoms with van der Waals surface area (Å²) in [7, 11) is 0. The molecule has 17 heavy (non-hydrogen) atoms. The topological polar surface area (TPSA) is 94.1 Å². The van der Waals surface area contributed by atoms with Crippen LogP contribution in [0.15, 0.2) is 12.3 Å². The Morgan fingerprint density at radius 1 is 1.65 bits per heavy atom.